The maximum atomic E-state index is 5.81. The average Bonchev–Trinajstić information content (AvgIpc) is 3.58. The fraction of sp³-hybridized carbons (Fsp3) is 0.0417. The highest BCUT2D eigenvalue weighted by Gasteiger charge is 2.16. The first kappa shape index (κ1) is 30.5. The van der Waals surface area contributed by atoms with Gasteiger partial charge in [-0.15, -0.1) is 0 Å². The Morgan fingerprint density at radius 1 is 0.431 bits per heavy atom. The molecule has 9 rings (SSSR count). The summed E-state index contributed by atoms with van der Waals surface area (Å²) >= 11 is 0. The zero-order valence-electron chi connectivity index (χ0n) is 28.5. The standard InChI is InChI=1S/C48H34N2O/c1-31-43(34-11-5-3-6-12-34)30-45(37-14-7-4-8-15-37)50-48(31)39-23-21-38(22-24-39)47-41-16-10-9-13-35(41)25-27-42(47)36-19-17-33(18-20-36)40-26-28-44-46(29-40)51-32(2)49-44/h3-30H,1-2H3. The Bertz CT molecular complexity index is 2670. The van der Waals surface area contributed by atoms with Crippen molar-refractivity contribution in [2.24, 2.45) is 0 Å². The zero-order valence-corrected chi connectivity index (χ0v) is 28.5. The molecule has 242 valence electrons. The molecule has 0 amide bonds. The van der Waals surface area contributed by atoms with Crippen LogP contribution in [0.25, 0.3) is 88.9 Å². The van der Waals surface area contributed by atoms with E-state index in [9.17, 15) is 0 Å². The molecular formula is C48H34N2O. The summed E-state index contributed by atoms with van der Waals surface area (Å²) in [4.78, 5) is 9.71. The summed E-state index contributed by atoms with van der Waals surface area (Å²) in [5, 5.41) is 2.44. The normalized spacial score (nSPS) is 11.3. The molecule has 0 atom stereocenters. The highest BCUT2D eigenvalue weighted by molar-refractivity contribution is 6.04. The number of pyridine rings is 1. The molecule has 0 spiro atoms. The maximum absolute atomic E-state index is 5.81. The Morgan fingerprint density at radius 3 is 1.80 bits per heavy atom. The van der Waals surface area contributed by atoms with Crippen LogP contribution >= 0.6 is 0 Å². The fourth-order valence-corrected chi connectivity index (χ4v) is 7.24. The third-order valence-corrected chi connectivity index (χ3v) is 9.83. The third kappa shape index (κ3) is 5.69. The molecule has 2 heterocycles. The third-order valence-electron chi connectivity index (χ3n) is 9.83. The maximum Gasteiger partial charge on any atom is 0.192 e. The number of aryl methyl sites for hydroxylation is 1. The zero-order chi connectivity index (χ0) is 34.3. The van der Waals surface area contributed by atoms with Crippen LogP contribution in [0.5, 0.6) is 0 Å². The molecule has 0 N–H and O–H groups in total. The smallest absolute Gasteiger partial charge is 0.192 e. The van der Waals surface area contributed by atoms with Crippen LogP contribution in [0.15, 0.2) is 174 Å². The molecule has 0 aliphatic carbocycles. The van der Waals surface area contributed by atoms with Crippen molar-refractivity contribution >= 4 is 21.9 Å². The molecule has 3 nitrogen and oxygen atoms in total. The van der Waals surface area contributed by atoms with Gasteiger partial charge < -0.3 is 4.42 Å². The number of aromatic nitrogens is 2. The van der Waals surface area contributed by atoms with Crippen molar-refractivity contribution in [2.75, 3.05) is 0 Å². The second kappa shape index (κ2) is 12.7. The van der Waals surface area contributed by atoms with E-state index in [0.717, 1.165) is 50.3 Å². The lowest BCUT2D eigenvalue weighted by Crippen LogP contribution is -1.96. The number of fused-ring (bicyclic) bond motifs is 2. The van der Waals surface area contributed by atoms with E-state index in [1.165, 1.54) is 44.2 Å². The van der Waals surface area contributed by atoms with Crippen LogP contribution in [-0.4, -0.2) is 9.97 Å². The quantitative estimate of drug-likeness (QED) is 0.179. The number of hydrogen-bond donors (Lipinski definition) is 0. The number of rotatable bonds is 6. The van der Waals surface area contributed by atoms with Gasteiger partial charge in [0.2, 0.25) is 0 Å². The molecule has 0 aliphatic rings. The minimum atomic E-state index is 0.679. The van der Waals surface area contributed by atoms with E-state index >= 15 is 0 Å². The van der Waals surface area contributed by atoms with Crippen molar-refractivity contribution < 1.29 is 4.42 Å². The monoisotopic (exact) mass is 654 g/mol. The second-order valence-corrected chi connectivity index (χ2v) is 13.0. The molecule has 51 heavy (non-hydrogen) atoms. The summed E-state index contributed by atoms with van der Waals surface area (Å²) in [5.41, 5.74) is 16.4. The van der Waals surface area contributed by atoms with Gasteiger partial charge in [0, 0.05) is 18.1 Å². The van der Waals surface area contributed by atoms with E-state index in [1.54, 1.807) is 0 Å². The second-order valence-electron chi connectivity index (χ2n) is 13.0. The molecule has 0 fully saturated rings. The summed E-state index contributed by atoms with van der Waals surface area (Å²) < 4.78 is 5.81. The van der Waals surface area contributed by atoms with Crippen LogP contribution in [0.2, 0.25) is 0 Å². The molecule has 0 aliphatic heterocycles. The summed E-state index contributed by atoms with van der Waals surface area (Å²) in [6.07, 6.45) is 0. The van der Waals surface area contributed by atoms with Crippen molar-refractivity contribution in [3.8, 4) is 67.0 Å². The molecule has 9 aromatic rings. The van der Waals surface area contributed by atoms with Crippen molar-refractivity contribution in [2.45, 2.75) is 13.8 Å². The summed E-state index contributed by atoms with van der Waals surface area (Å²) in [6, 6.07) is 60.4. The molecule has 0 saturated heterocycles. The van der Waals surface area contributed by atoms with Crippen molar-refractivity contribution in [3.05, 3.63) is 181 Å². The van der Waals surface area contributed by atoms with Gasteiger partial charge in [0.05, 0.1) is 11.4 Å². The van der Waals surface area contributed by atoms with Gasteiger partial charge in [0.25, 0.3) is 0 Å². The number of hydrogen-bond acceptors (Lipinski definition) is 3. The van der Waals surface area contributed by atoms with E-state index in [1.807, 2.05) is 19.1 Å². The Labute approximate surface area is 297 Å². The minimum absolute atomic E-state index is 0.679. The molecule has 0 saturated carbocycles. The van der Waals surface area contributed by atoms with Crippen LogP contribution in [0, 0.1) is 13.8 Å². The molecule has 0 bridgehead atoms. The Balaban J connectivity index is 1.13. The lowest BCUT2D eigenvalue weighted by atomic mass is 9.88. The number of oxazole rings is 1. The van der Waals surface area contributed by atoms with Crippen LogP contribution in [-0.2, 0) is 0 Å². The van der Waals surface area contributed by atoms with Gasteiger partial charge in [-0.1, -0.05) is 152 Å². The lowest BCUT2D eigenvalue weighted by molar-refractivity contribution is 0.561. The molecule has 0 radical (unpaired) electrons. The Kier molecular flexibility index (Phi) is 7.59. The van der Waals surface area contributed by atoms with Gasteiger partial charge in [0.1, 0.15) is 5.52 Å². The van der Waals surface area contributed by atoms with Gasteiger partial charge >= 0.3 is 0 Å². The van der Waals surface area contributed by atoms with Crippen molar-refractivity contribution in [3.63, 3.8) is 0 Å². The predicted octanol–water partition coefficient (Wildman–Crippen LogP) is 13.0. The highest BCUT2D eigenvalue weighted by Crippen LogP contribution is 2.41. The van der Waals surface area contributed by atoms with Gasteiger partial charge in [-0.05, 0) is 86.0 Å². The van der Waals surface area contributed by atoms with Gasteiger partial charge in [-0.2, -0.15) is 0 Å². The van der Waals surface area contributed by atoms with Gasteiger partial charge in [-0.25, -0.2) is 9.97 Å². The topological polar surface area (TPSA) is 38.9 Å². The van der Waals surface area contributed by atoms with Gasteiger partial charge in [0.15, 0.2) is 11.5 Å². The minimum Gasteiger partial charge on any atom is -0.441 e. The molecule has 2 aromatic heterocycles. The Morgan fingerprint density at radius 2 is 1.04 bits per heavy atom. The van der Waals surface area contributed by atoms with Crippen molar-refractivity contribution in [1.82, 2.24) is 9.97 Å². The van der Waals surface area contributed by atoms with E-state index in [-0.39, 0.29) is 0 Å². The molecule has 3 heteroatoms. The number of benzene rings is 7. The average molecular weight is 655 g/mol. The SMILES string of the molecule is Cc1nc2ccc(-c3ccc(-c4ccc5ccccc5c4-c4ccc(-c5nc(-c6ccccc6)cc(-c6ccccc6)c5C)cc4)cc3)cc2o1. The first-order chi connectivity index (χ1) is 25.1. The van der Waals surface area contributed by atoms with E-state index in [4.69, 9.17) is 9.40 Å². The summed E-state index contributed by atoms with van der Waals surface area (Å²) in [5.74, 6) is 0.679. The molecule has 0 unspecified atom stereocenters. The lowest BCUT2D eigenvalue weighted by Gasteiger charge is -2.17. The van der Waals surface area contributed by atoms with Gasteiger partial charge in [-0.3, -0.25) is 0 Å². The largest absolute Gasteiger partial charge is 0.441 e. The summed E-state index contributed by atoms with van der Waals surface area (Å²) in [6.45, 7) is 4.07. The van der Waals surface area contributed by atoms with Crippen LogP contribution < -0.4 is 0 Å². The Hall–Kier alpha value is -6.58. The fourth-order valence-electron chi connectivity index (χ4n) is 7.24. The van der Waals surface area contributed by atoms with E-state index < -0.39 is 0 Å². The number of nitrogens with zero attached hydrogens (tertiary/aromatic N) is 2. The first-order valence-electron chi connectivity index (χ1n) is 17.3. The molecular weight excluding hydrogens is 621 g/mol. The highest BCUT2D eigenvalue weighted by atomic mass is 16.3. The van der Waals surface area contributed by atoms with E-state index in [0.29, 0.717) is 5.89 Å². The predicted molar refractivity (Wildman–Crippen MR) is 211 cm³/mol. The van der Waals surface area contributed by atoms with Crippen LogP contribution in [0.4, 0.5) is 0 Å². The van der Waals surface area contributed by atoms with E-state index in [2.05, 4.69) is 170 Å². The van der Waals surface area contributed by atoms with Crippen molar-refractivity contribution in [1.29, 1.82) is 0 Å². The summed E-state index contributed by atoms with van der Waals surface area (Å²) in [7, 11) is 0. The molecule has 7 aromatic carbocycles. The van der Waals surface area contributed by atoms with Crippen LogP contribution in [0.3, 0.4) is 0 Å². The first-order valence-corrected chi connectivity index (χ1v) is 17.3. The van der Waals surface area contributed by atoms with Crippen LogP contribution in [0.1, 0.15) is 11.5 Å².